The quantitative estimate of drug-likeness (QED) is 0.839. The van der Waals surface area contributed by atoms with Gasteiger partial charge in [-0.15, -0.1) is 0 Å². The third-order valence-electron chi connectivity index (χ3n) is 4.59. The summed E-state index contributed by atoms with van der Waals surface area (Å²) in [6.07, 6.45) is 5.51. The number of rotatable bonds is 7. The molecule has 1 amide bonds. The van der Waals surface area contributed by atoms with Crippen molar-refractivity contribution in [3.05, 3.63) is 41.8 Å². The third kappa shape index (κ3) is 4.89. The van der Waals surface area contributed by atoms with Gasteiger partial charge >= 0.3 is 0 Å². The van der Waals surface area contributed by atoms with Crippen LogP contribution in [-0.2, 0) is 18.3 Å². The van der Waals surface area contributed by atoms with Crippen molar-refractivity contribution in [2.75, 3.05) is 26.2 Å². The Hall–Kier alpha value is -2.21. The zero-order chi connectivity index (χ0) is 17.6. The molecule has 25 heavy (non-hydrogen) atoms. The maximum Gasteiger partial charge on any atom is 0.220 e. The highest BCUT2D eigenvalue weighted by Crippen LogP contribution is 2.23. The number of hydrogen-bond donors (Lipinski definition) is 1. The zero-order valence-corrected chi connectivity index (χ0v) is 14.7. The van der Waals surface area contributed by atoms with Crippen LogP contribution >= 0.6 is 0 Å². The molecule has 3 rings (SSSR count). The first-order valence-electron chi connectivity index (χ1n) is 8.89. The van der Waals surface area contributed by atoms with Crippen molar-refractivity contribution < 1.29 is 9.18 Å². The molecule has 1 fully saturated rings. The van der Waals surface area contributed by atoms with Gasteiger partial charge in [0.25, 0.3) is 0 Å². The van der Waals surface area contributed by atoms with E-state index in [2.05, 4.69) is 15.3 Å². The molecule has 1 aliphatic heterocycles. The fourth-order valence-electron chi connectivity index (χ4n) is 3.27. The molecule has 1 N–H and O–H groups in total. The highest BCUT2D eigenvalue weighted by Gasteiger charge is 2.13. The Morgan fingerprint density at radius 2 is 1.96 bits per heavy atom. The predicted molar refractivity (Wildman–Crippen MR) is 95.6 cm³/mol. The Labute approximate surface area is 147 Å². The second-order valence-corrected chi connectivity index (χ2v) is 6.58. The number of nitrogens with one attached hydrogen (secondary N) is 1. The summed E-state index contributed by atoms with van der Waals surface area (Å²) in [5.74, 6) is -0.202. The lowest BCUT2D eigenvalue weighted by Gasteiger charge is -2.14. The molecular formula is C19H25FN4O. The summed E-state index contributed by atoms with van der Waals surface area (Å²) in [5, 5.41) is 7.45. The Morgan fingerprint density at radius 3 is 2.68 bits per heavy atom. The Balaban J connectivity index is 1.52. The molecule has 0 bridgehead atoms. The maximum absolute atomic E-state index is 13.1. The SMILES string of the molecule is Cn1cc(CCC(=O)NCCN2CCCC2)c(-c2ccc(F)cc2)n1. The minimum atomic E-state index is -0.265. The van der Waals surface area contributed by atoms with Gasteiger partial charge in [0.2, 0.25) is 5.91 Å². The molecule has 0 saturated carbocycles. The molecule has 0 unspecified atom stereocenters. The van der Waals surface area contributed by atoms with E-state index in [9.17, 15) is 9.18 Å². The summed E-state index contributed by atoms with van der Waals surface area (Å²) in [6, 6.07) is 6.30. The van der Waals surface area contributed by atoms with Crippen LogP contribution in [0.1, 0.15) is 24.8 Å². The monoisotopic (exact) mass is 344 g/mol. The van der Waals surface area contributed by atoms with Gasteiger partial charge in [0.15, 0.2) is 0 Å². The van der Waals surface area contributed by atoms with Crippen molar-refractivity contribution in [2.24, 2.45) is 7.05 Å². The second kappa shape index (κ2) is 8.25. The smallest absolute Gasteiger partial charge is 0.220 e. The first-order valence-corrected chi connectivity index (χ1v) is 8.89. The fourth-order valence-corrected chi connectivity index (χ4v) is 3.27. The van der Waals surface area contributed by atoms with Crippen LogP contribution < -0.4 is 5.32 Å². The summed E-state index contributed by atoms with van der Waals surface area (Å²) in [6.45, 7) is 3.93. The molecule has 134 valence electrons. The van der Waals surface area contributed by atoms with Crippen LogP contribution in [0.4, 0.5) is 4.39 Å². The molecule has 0 atom stereocenters. The lowest BCUT2D eigenvalue weighted by Crippen LogP contribution is -2.33. The normalized spacial score (nSPS) is 14.8. The van der Waals surface area contributed by atoms with Gasteiger partial charge in [0.05, 0.1) is 5.69 Å². The number of halogens is 1. The van der Waals surface area contributed by atoms with Crippen LogP contribution in [0.25, 0.3) is 11.3 Å². The summed E-state index contributed by atoms with van der Waals surface area (Å²) < 4.78 is 14.8. The Bertz CT molecular complexity index is 705. The predicted octanol–water partition coefficient (Wildman–Crippen LogP) is 2.37. The molecule has 6 heteroatoms. The first kappa shape index (κ1) is 17.6. The highest BCUT2D eigenvalue weighted by atomic mass is 19.1. The maximum atomic E-state index is 13.1. The van der Waals surface area contributed by atoms with Crippen LogP contribution in [-0.4, -0.2) is 46.8 Å². The molecule has 0 radical (unpaired) electrons. The van der Waals surface area contributed by atoms with Gasteiger partial charge in [-0.05, 0) is 62.2 Å². The lowest BCUT2D eigenvalue weighted by atomic mass is 10.0. The van der Waals surface area contributed by atoms with Crippen LogP contribution in [0, 0.1) is 5.82 Å². The van der Waals surface area contributed by atoms with Gasteiger partial charge in [-0.2, -0.15) is 5.10 Å². The summed E-state index contributed by atoms with van der Waals surface area (Å²) in [4.78, 5) is 14.5. The number of amides is 1. The van der Waals surface area contributed by atoms with E-state index < -0.39 is 0 Å². The molecule has 2 heterocycles. The van der Waals surface area contributed by atoms with Crippen molar-refractivity contribution >= 4 is 5.91 Å². The number of likely N-dealkylation sites (tertiary alicyclic amines) is 1. The van der Waals surface area contributed by atoms with Gasteiger partial charge in [-0.25, -0.2) is 4.39 Å². The summed E-state index contributed by atoms with van der Waals surface area (Å²) in [5.41, 5.74) is 2.68. The number of nitrogens with zero attached hydrogens (tertiary/aromatic N) is 3. The van der Waals surface area contributed by atoms with Crippen molar-refractivity contribution in [1.29, 1.82) is 0 Å². The van der Waals surface area contributed by atoms with Gasteiger partial charge in [0.1, 0.15) is 5.82 Å². The number of hydrogen-bond acceptors (Lipinski definition) is 3. The van der Waals surface area contributed by atoms with E-state index in [-0.39, 0.29) is 11.7 Å². The largest absolute Gasteiger partial charge is 0.355 e. The van der Waals surface area contributed by atoms with E-state index in [4.69, 9.17) is 0 Å². The number of benzene rings is 1. The summed E-state index contributed by atoms with van der Waals surface area (Å²) in [7, 11) is 1.85. The molecular weight excluding hydrogens is 319 g/mol. The fraction of sp³-hybridized carbons (Fsp3) is 0.474. The summed E-state index contributed by atoms with van der Waals surface area (Å²) >= 11 is 0. The average molecular weight is 344 g/mol. The molecule has 0 aliphatic carbocycles. The van der Waals surface area contributed by atoms with Gasteiger partial charge < -0.3 is 10.2 Å². The van der Waals surface area contributed by atoms with E-state index in [1.807, 2.05) is 13.2 Å². The van der Waals surface area contributed by atoms with E-state index in [1.54, 1.807) is 16.8 Å². The number of carbonyl (C=O) groups excluding carboxylic acids is 1. The van der Waals surface area contributed by atoms with E-state index in [1.165, 1.54) is 25.0 Å². The molecule has 1 saturated heterocycles. The first-order chi connectivity index (χ1) is 12.1. The minimum absolute atomic E-state index is 0.0631. The topological polar surface area (TPSA) is 50.2 Å². The van der Waals surface area contributed by atoms with Gasteiger partial charge in [-0.3, -0.25) is 9.48 Å². The van der Waals surface area contributed by atoms with Gasteiger partial charge in [-0.1, -0.05) is 0 Å². The highest BCUT2D eigenvalue weighted by molar-refractivity contribution is 5.76. The third-order valence-corrected chi connectivity index (χ3v) is 4.59. The minimum Gasteiger partial charge on any atom is -0.355 e. The molecule has 1 aromatic heterocycles. The number of aryl methyl sites for hydroxylation is 2. The Kier molecular flexibility index (Phi) is 5.81. The number of aromatic nitrogens is 2. The van der Waals surface area contributed by atoms with E-state index in [0.29, 0.717) is 19.4 Å². The van der Waals surface area contributed by atoms with Crippen LogP contribution in [0.2, 0.25) is 0 Å². The van der Waals surface area contributed by atoms with E-state index in [0.717, 1.165) is 36.5 Å². The zero-order valence-electron chi connectivity index (χ0n) is 14.7. The van der Waals surface area contributed by atoms with Crippen molar-refractivity contribution in [3.8, 4) is 11.3 Å². The van der Waals surface area contributed by atoms with Crippen LogP contribution in [0.15, 0.2) is 30.5 Å². The second-order valence-electron chi connectivity index (χ2n) is 6.58. The van der Waals surface area contributed by atoms with Gasteiger partial charge in [0, 0.05) is 38.3 Å². The Morgan fingerprint density at radius 1 is 1.24 bits per heavy atom. The molecule has 1 aromatic carbocycles. The standard InChI is InChI=1S/C19H25FN4O/c1-23-14-16(19(22-23)15-4-7-17(20)8-5-15)6-9-18(25)21-10-13-24-11-2-3-12-24/h4-5,7-8,14H,2-3,6,9-13H2,1H3,(H,21,25). The van der Waals surface area contributed by atoms with Crippen molar-refractivity contribution in [1.82, 2.24) is 20.0 Å². The van der Waals surface area contributed by atoms with Crippen molar-refractivity contribution in [2.45, 2.75) is 25.7 Å². The molecule has 1 aliphatic rings. The van der Waals surface area contributed by atoms with Crippen LogP contribution in [0.5, 0.6) is 0 Å². The van der Waals surface area contributed by atoms with Crippen molar-refractivity contribution in [3.63, 3.8) is 0 Å². The van der Waals surface area contributed by atoms with E-state index >= 15 is 0 Å². The molecule has 5 nitrogen and oxygen atoms in total. The number of carbonyl (C=O) groups is 1. The molecule has 2 aromatic rings. The lowest BCUT2D eigenvalue weighted by molar-refractivity contribution is -0.121. The van der Waals surface area contributed by atoms with Crippen LogP contribution in [0.3, 0.4) is 0 Å². The molecule has 0 spiro atoms. The average Bonchev–Trinajstić information content (AvgIpc) is 3.23.